The van der Waals surface area contributed by atoms with Crippen LogP contribution in [0.1, 0.15) is 32.6 Å². The third-order valence-corrected chi connectivity index (χ3v) is 3.95. The summed E-state index contributed by atoms with van der Waals surface area (Å²) in [6.07, 6.45) is 4.02. The first-order chi connectivity index (χ1) is 8.66. The molecule has 1 N–H and O–H groups in total. The minimum Gasteiger partial charge on any atom is -0.339 e. The van der Waals surface area contributed by atoms with Gasteiger partial charge in [-0.25, -0.2) is 0 Å². The number of amides is 2. The maximum atomic E-state index is 12.0. The fourth-order valence-corrected chi connectivity index (χ4v) is 2.73. The van der Waals surface area contributed by atoms with Crippen LogP contribution in [0.15, 0.2) is 0 Å². The molecule has 6 heteroatoms. The molecule has 0 aromatic heterocycles. The molecule has 2 heterocycles. The first-order valence-corrected chi connectivity index (χ1v) is 6.93. The number of hydrogen-bond donors (Lipinski definition) is 1. The lowest BCUT2D eigenvalue weighted by Crippen LogP contribution is -2.50. The minimum absolute atomic E-state index is 0. The van der Waals surface area contributed by atoms with E-state index >= 15 is 0 Å². The molecule has 110 valence electrons. The van der Waals surface area contributed by atoms with Crippen molar-refractivity contribution in [2.24, 2.45) is 0 Å². The van der Waals surface area contributed by atoms with E-state index in [0.717, 1.165) is 13.0 Å². The Morgan fingerprint density at radius 1 is 1.16 bits per heavy atom. The van der Waals surface area contributed by atoms with Gasteiger partial charge < -0.3 is 15.1 Å². The summed E-state index contributed by atoms with van der Waals surface area (Å²) in [4.78, 5) is 26.9. The number of nitrogens with zero attached hydrogens (tertiary/aromatic N) is 2. The highest BCUT2D eigenvalue weighted by Crippen LogP contribution is 2.12. The predicted octanol–water partition coefficient (Wildman–Crippen LogP) is 0.631. The molecule has 1 unspecified atom stereocenters. The molecular formula is C13H24ClN3O2. The zero-order chi connectivity index (χ0) is 13.0. The third kappa shape index (κ3) is 4.66. The van der Waals surface area contributed by atoms with Crippen LogP contribution in [-0.2, 0) is 9.59 Å². The highest BCUT2D eigenvalue weighted by Gasteiger charge is 2.23. The number of nitrogens with one attached hydrogen (secondary N) is 1. The minimum atomic E-state index is 0. The Morgan fingerprint density at radius 3 is 2.32 bits per heavy atom. The SMILES string of the molecule is CC(=O)N1CCN(C(=O)CCC2CCCN2)CC1.Cl. The van der Waals surface area contributed by atoms with E-state index in [1.54, 1.807) is 6.92 Å². The number of piperazine rings is 1. The number of carbonyl (C=O) groups excluding carboxylic acids is 2. The second-order valence-electron chi connectivity index (χ2n) is 5.22. The van der Waals surface area contributed by atoms with Gasteiger partial charge in [0.15, 0.2) is 0 Å². The highest BCUT2D eigenvalue weighted by molar-refractivity contribution is 5.85. The van der Waals surface area contributed by atoms with Crippen LogP contribution in [-0.4, -0.2) is 60.4 Å². The van der Waals surface area contributed by atoms with E-state index < -0.39 is 0 Å². The average molecular weight is 290 g/mol. The molecular weight excluding hydrogens is 266 g/mol. The molecule has 5 nitrogen and oxygen atoms in total. The van der Waals surface area contributed by atoms with Crippen LogP contribution in [0, 0.1) is 0 Å². The Bertz CT molecular complexity index is 311. The first-order valence-electron chi connectivity index (χ1n) is 6.93. The smallest absolute Gasteiger partial charge is 0.222 e. The Kier molecular flexibility index (Phi) is 6.58. The van der Waals surface area contributed by atoms with Gasteiger partial charge in [0.2, 0.25) is 11.8 Å². The van der Waals surface area contributed by atoms with E-state index in [0.29, 0.717) is 38.6 Å². The summed E-state index contributed by atoms with van der Waals surface area (Å²) in [6.45, 7) is 5.43. The van der Waals surface area contributed by atoms with Gasteiger partial charge in [0.25, 0.3) is 0 Å². The fourth-order valence-electron chi connectivity index (χ4n) is 2.73. The van der Waals surface area contributed by atoms with Gasteiger partial charge in [-0.15, -0.1) is 12.4 Å². The van der Waals surface area contributed by atoms with E-state index in [-0.39, 0.29) is 24.2 Å². The zero-order valence-electron chi connectivity index (χ0n) is 11.6. The summed E-state index contributed by atoms with van der Waals surface area (Å²) in [5.74, 6) is 0.351. The second kappa shape index (κ2) is 7.70. The van der Waals surface area contributed by atoms with Gasteiger partial charge in [0, 0.05) is 45.6 Å². The van der Waals surface area contributed by atoms with Gasteiger partial charge in [0.1, 0.15) is 0 Å². The van der Waals surface area contributed by atoms with Gasteiger partial charge in [-0.1, -0.05) is 0 Å². The van der Waals surface area contributed by atoms with Crippen LogP contribution in [0.25, 0.3) is 0 Å². The van der Waals surface area contributed by atoms with Crippen LogP contribution >= 0.6 is 12.4 Å². The summed E-state index contributed by atoms with van der Waals surface area (Å²) in [5, 5.41) is 3.41. The maximum Gasteiger partial charge on any atom is 0.222 e. The molecule has 0 aromatic rings. The Hall–Kier alpha value is -0.810. The molecule has 0 radical (unpaired) electrons. The van der Waals surface area contributed by atoms with Gasteiger partial charge in [-0.3, -0.25) is 9.59 Å². The largest absolute Gasteiger partial charge is 0.339 e. The van der Waals surface area contributed by atoms with Crippen LogP contribution in [0.5, 0.6) is 0 Å². The standard InChI is InChI=1S/C13H23N3O2.ClH/c1-11(17)15-7-9-16(10-8-15)13(18)5-4-12-3-2-6-14-12;/h12,14H,2-10H2,1H3;1H. The molecule has 2 saturated heterocycles. The molecule has 1 atom stereocenters. The van der Waals surface area contributed by atoms with E-state index in [1.165, 1.54) is 12.8 Å². The molecule has 0 saturated carbocycles. The van der Waals surface area contributed by atoms with E-state index in [2.05, 4.69) is 5.32 Å². The normalized spacial score (nSPS) is 23.1. The monoisotopic (exact) mass is 289 g/mol. The van der Waals surface area contributed by atoms with E-state index in [9.17, 15) is 9.59 Å². The molecule has 0 aliphatic carbocycles. The summed E-state index contributed by atoms with van der Waals surface area (Å²) in [7, 11) is 0. The molecule has 0 bridgehead atoms. The number of rotatable bonds is 3. The number of halogens is 1. The molecule has 19 heavy (non-hydrogen) atoms. The fraction of sp³-hybridized carbons (Fsp3) is 0.846. The Labute approximate surface area is 121 Å². The summed E-state index contributed by atoms with van der Waals surface area (Å²) in [5.41, 5.74) is 0. The van der Waals surface area contributed by atoms with Crippen molar-refractivity contribution in [1.82, 2.24) is 15.1 Å². The topological polar surface area (TPSA) is 52.7 Å². The zero-order valence-corrected chi connectivity index (χ0v) is 12.4. The van der Waals surface area contributed by atoms with Crippen molar-refractivity contribution in [2.45, 2.75) is 38.6 Å². The van der Waals surface area contributed by atoms with Crippen LogP contribution < -0.4 is 5.32 Å². The van der Waals surface area contributed by atoms with Crippen molar-refractivity contribution in [3.63, 3.8) is 0 Å². The lowest BCUT2D eigenvalue weighted by molar-refractivity contribution is -0.138. The van der Waals surface area contributed by atoms with E-state index in [1.807, 2.05) is 9.80 Å². The molecule has 2 aliphatic heterocycles. The summed E-state index contributed by atoms with van der Waals surface area (Å²) < 4.78 is 0. The first kappa shape index (κ1) is 16.2. The maximum absolute atomic E-state index is 12.0. The molecule has 2 fully saturated rings. The highest BCUT2D eigenvalue weighted by atomic mass is 35.5. The average Bonchev–Trinajstić information content (AvgIpc) is 2.89. The summed E-state index contributed by atoms with van der Waals surface area (Å²) >= 11 is 0. The van der Waals surface area contributed by atoms with Crippen molar-refractivity contribution in [1.29, 1.82) is 0 Å². The quantitative estimate of drug-likeness (QED) is 0.829. The van der Waals surface area contributed by atoms with Crippen molar-refractivity contribution in [3.8, 4) is 0 Å². The van der Waals surface area contributed by atoms with Crippen LogP contribution in [0.4, 0.5) is 0 Å². The van der Waals surface area contributed by atoms with Crippen LogP contribution in [0.2, 0.25) is 0 Å². The second-order valence-corrected chi connectivity index (χ2v) is 5.22. The van der Waals surface area contributed by atoms with Gasteiger partial charge in [-0.05, 0) is 25.8 Å². The lowest BCUT2D eigenvalue weighted by Gasteiger charge is -2.34. The number of hydrogen-bond acceptors (Lipinski definition) is 3. The number of carbonyl (C=O) groups is 2. The van der Waals surface area contributed by atoms with Gasteiger partial charge in [0.05, 0.1) is 0 Å². The van der Waals surface area contributed by atoms with Crippen molar-refractivity contribution in [3.05, 3.63) is 0 Å². The Morgan fingerprint density at radius 2 is 1.79 bits per heavy atom. The van der Waals surface area contributed by atoms with Crippen molar-refractivity contribution >= 4 is 24.2 Å². The summed E-state index contributed by atoms with van der Waals surface area (Å²) in [6, 6.07) is 0.535. The van der Waals surface area contributed by atoms with Crippen LogP contribution in [0.3, 0.4) is 0 Å². The van der Waals surface area contributed by atoms with Gasteiger partial charge >= 0.3 is 0 Å². The lowest BCUT2D eigenvalue weighted by atomic mass is 10.1. The van der Waals surface area contributed by atoms with E-state index in [4.69, 9.17) is 0 Å². The molecule has 0 spiro atoms. The van der Waals surface area contributed by atoms with Crippen molar-refractivity contribution < 1.29 is 9.59 Å². The molecule has 2 aliphatic rings. The predicted molar refractivity (Wildman–Crippen MR) is 76.3 cm³/mol. The molecule has 0 aromatic carbocycles. The third-order valence-electron chi connectivity index (χ3n) is 3.95. The van der Waals surface area contributed by atoms with Crippen molar-refractivity contribution in [2.75, 3.05) is 32.7 Å². The Balaban J connectivity index is 0.00000180. The van der Waals surface area contributed by atoms with Gasteiger partial charge in [-0.2, -0.15) is 0 Å². The molecule has 2 rings (SSSR count). The molecule has 2 amide bonds.